The Labute approximate surface area is 165 Å². The molecule has 2 heterocycles. The minimum Gasteiger partial charge on any atom is -0.340 e. The number of rotatable bonds is 8. The van der Waals surface area contributed by atoms with E-state index in [9.17, 15) is 9.59 Å². The minimum absolute atomic E-state index is 0.150. The second kappa shape index (κ2) is 9.61. The number of aromatic nitrogens is 2. The van der Waals surface area contributed by atoms with Crippen LogP contribution in [0.1, 0.15) is 54.2 Å². The number of nitrogens with one attached hydrogen (secondary N) is 2. The molecule has 1 aliphatic heterocycles. The van der Waals surface area contributed by atoms with Crippen LogP contribution >= 0.6 is 0 Å². The summed E-state index contributed by atoms with van der Waals surface area (Å²) in [7, 11) is 3.33. The summed E-state index contributed by atoms with van der Waals surface area (Å²) in [6.45, 7) is 0.687. The maximum atomic E-state index is 12.4. The molecule has 1 aromatic heterocycles. The molecule has 7 heteroatoms. The van der Waals surface area contributed by atoms with E-state index in [1.54, 1.807) is 19.0 Å². The van der Waals surface area contributed by atoms with Gasteiger partial charge in [-0.15, -0.1) is 0 Å². The summed E-state index contributed by atoms with van der Waals surface area (Å²) in [5.41, 5.74) is 8.20. The normalized spacial score (nSPS) is 18.9. The number of unbranched alkanes of at least 4 members (excludes halogenated alkanes) is 2. The summed E-state index contributed by atoms with van der Waals surface area (Å²) in [6.07, 6.45) is 5.38. The van der Waals surface area contributed by atoms with Crippen molar-refractivity contribution in [2.45, 2.75) is 44.2 Å². The van der Waals surface area contributed by atoms with Gasteiger partial charge in [0.1, 0.15) is 5.69 Å². The lowest BCUT2D eigenvalue weighted by Crippen LogP contribution is -2.31. The van der Waals surface area contributed by atoms with Crippen molar-refractivity contribution in [2.75, 3.05) is 13.6 Å². The fraction of sp³-hybridized carbons (Fsp3) is 0.476. The molecule has 1 aliphatic rings. The molecule has 2 N–H and O–H groups in total. The number of amides is 1. The van der Waals surface area contributed by atoms with Crippen molar-refractivity contribution in [3.8, 4) is 0 Å². The number of hydrogen-bond donors (Lipinski definition) is 2. The van der Waals surface area contributed by atoms with Crippen molar-refractivity contribution in [2.24, 2.45) is 7.05 Å². The quantitative estimate of drug-likeness (QED) is 0.682. The smallest absolute Gasteiger partial charge is 0.274 e. The second-order valence-corrected chi connectivity index (χ2v) is 7.44. The standard InChI is InChI=1S/C21H29N5O2/c1-25(21(28)18-12-13-20(27)26(2)24-18)14-8-4-7-11-17-15-19(23-22-17)16-9-5-3-6-10-16/h3,5-6,9-10,12-13,17,19,22-23H,4,7-8,11,14-15H2,1-2H3. The summed E-state index contributed by atoms with van der Waals surface area (Å²) in [6, 6.07) is 14.2. The van der Waals surface area contributed by atoms with Gasteiger partial charge in [-0.25, -0.2) is 4.68 Å². The zero-order chi connectivity index (χ0) is 19.9. The Kier molecular flexibility index (Phi) is 6.95. The summed E-state index contributed by atoms with van der Waals surface area (Å²) in [4.78, 5) is 25.4. The molecule has 28 heavy (non-hydrogen) atoms. The first kappa shape index (κ1) is 20.2. The van der Waals surface area contributed by atoms with Gasteiger partial charge in [0.2, 0.25) is 0 Å². The van der Waals surface area contributed by atoms with Crippen molar-refractivity contribution in [1.29, 1.82) is 0 Å². The van der Waals surface area contributed by atoms with E-state index in [2.05, 4.69) is 40.2 Å². The molecule has 2 aromatic rings. The lowest BCUT2D eigenvalue weighted by Gasteiger charge is -2.17. The SMILES string of the molecule is CN(CCCCCC1CC(c2ccccc2)NN1)C(=O)c1ccc(=O)n(C)n1. The van der Waals surface area contributed by atoms with Crippen LogP contribution in [-0.4, -0.2) is 40.2 Å². The molecule has 0 spiro atoms. The van der Waals surface area contributed by atoms with E-state index in [0.29, 0.717) is 24.3 Å². The fourth-order valence-electron chi connectivity index (χ4n) is 3.55. The van der Waals surface area contributed by atoms with Crippen LogP contribution in [0.15, 0.2) is 47.3 Å². The van der Waals surface area contributed by atoms with Crippen LogP contribution in [0.25, 0.3) is 0 Å². The van der Waals surface area contributed by atoms with Gasteiger partial charge in [0.05, 0.1) is 0 Å². The molecular weight excluding hydrogens is 354 g/mol. The first-order valence-electron chi connectivity index (χ1n) is 9.90. The predicted molar refractivity (Wildman–Crippen MR) is 109 cm³/mol. The van der Waals surface area contributed by atoms with Crippen LogP contribution in [0.5, 0.6) is 0 Å². The van der Waals surface area contributed by atoms with Gasteiger partial charge in [0, 0.05) is 38.8 Å². The molecule has 0 radical (unpaired) electrons. The average Bonchev–Trinajstić information content (AvgIpc) is 3.19. The molecule has 1 fully saturated rings. The first-order valence-corrected chi connectivity index (χ1v) is 9.90. The van der Waals surface area contributed by atoms with E-state index >= 15 is 0 Å². The van der Waals surface area contributed by atoms with Gasteiger partial charge < -0.3 is 4.90 Å². The molecule has 1 amide bonds. The lowest BCUT2D eigenvalue weighted by atomic mass is 9.99. The number of hydrogen-bond acceptors (Lipinski definition) is 5. The van der Waals surface area contributed by atoms with E-state index in [4.69, 9.17) is 0 Å². The number of aryl methyl sites for hydroxylation is 1. The van der Waals surface area contributed by atoms with Gasteiger partial charge in [-0.3, -0.25) is 20.4 Å². The number of carbonyl (C=O) groups is 1. The van der Waals surface area contributed by atoms with Crippen molar-refractivity contribution >= 4 is 5.91 Å². The molecule has 150 valence electrons. The van der Waals surface area contributed by atoms with Crippen LogP contribution in [0.2, 0.25) is 0 Å². The maximum Gasteiger partial charge on any atom is 0.274 e. The molecular formula is C21H29N5O2. The van der Waals surface area contributed by atoms with E-state index in [-0.39, 0.29) is 11.5 Å². The van der Waals surface area contributed by atoms with Crippen molar-refractivity contribution in [3.05, 3.63) is 64.1 Å². The maximum absolute atomic E-state index is 12.4. The highest BCUT2D eigenvalue weighted by atomic mass is 16.2. The van der Waals surface area contributed by atoms with Crippen LogP contribution < -0.4 is 16.4 Å². The second-order valence-electron chi connectivity index (χ2n) is 7.44. The van der Waals surface area contributed by atoms with Gasteiger partial charge in [-0.1, -0.05) is 43.2 Å². The summed E-state index contributed by atoms with van der Waals surface area (Å²) < 4.78 is 1.19. The molecule has 7 nitrogen and oxygen atoms in total. The Balaban J connectivity index is 1.34. The minimum atomic E-state index is -0.219. The van der Waals surface area contributed by atoms with Crippen molar-refractivity contribution in [1.82, 2.24) is 25.5 Å². The Morgan fingerprint density at radius 2 is 1.93 bits per heavy atom. The van der Waals surface area contributed by atoms with Crippen LogP contribution in [0, 0.1) is 0 Å². The Morgan fingerprint density at radius 1 is 1.14 bits per heavy atom. The van der Waals surface area contributed by atoms with E-state index < -0.39 is 0 Å². The summed E-state index contributed by atoms with van der Waals surface area (Å²) in [5, 5.41) is 4.02. The highest BCUT2D eigenvalue weighted by Crippen LogP contribution is 2.24. The zero-order valence-corrected chi connectivity index (χ0v) is 16.6. The highest BCUT2D eigenvalue weighted by molar-refractivity contribution is 5.91. The van der Waals surface area contributed by atoms with Crippen LogP contribution in [0.4, 0.5) is 0 Å². The summed E-state index contributed by atoms with van der Waals surface area (Å²) in [5.74, 6) is -0.150. The topological polar surface area (TPSA) is 79.3 Å². The molecule has 0 bridgehead atoms. The van der Waals surface area contributed by atoms with Gasteiger partial charge in [-0.2, -0.15) is 5.10 Å². The third-order valence-electron chi connectivity index (χ3n) is 5.26. The number of nitrogens with zero attached hydrogens (tertiary/aromatic N) is 3. The highest BCUT2D eigenvalue weighted by Gasteiger charge is 2.24. The van der Waals surface area contributed by atoms with E-state index in [0.717, 1.165) is 32.1 Å². The average molecular weight is 383 g/mol. The number of carbonyl (C=O) groups excluding carboxylic acids is 1. The molecule has 1 saturated heterocycles. The van der Waals surface area contributed by atoms with Gasteiger partial charge >= 0.3 is 0 Å². The Bertz CT molecular complexity index is 836. The third-order valence-corrected chi connectivity index (χ3v) is 5.26. The van der Waals surface area contributed by atoms with Crippen molar-refractivity contribution < 1.29 is 4.79 Å². The monoisotopic (exact) mass is 383 g/mol. The molecule has 0 saturated carbocycles. The molecule has 3 rings (SSSR count). The molecule has 2 atom stereocenters. The van der Waals surface area contributed by atoms with E-state index in [1.807, 2.05) is 6.07 Å². The number of benzene rings is 1. The fourth-order valence-corrected chi connectivity index (χ4v) is 3.55. The first-order chi connectivity index (χ1) is 13.5. The van der Waals surface area contributed by atoms with Gasteiger partial charge in [-0.05, 0) is 30.9 Å². The molecule has 0 aliphatic carbocycles. The predicted octanol–water partition coefficient (Wildman–Crippen LogP) is 2.02. The number of hydrazine groups is 1. The van der Waals surface area contributed by atoms with E-state index in [1.165, 1.54) is 22.4 Å². The molecule has 1 aromatic carbocycles. The van der Waals surface area contributed by atoms with Crippen molar-refractivity contribution in [3.63, 3.8) is 0 Å². The third kappa shape index (κ3) is 5.27. The van der Waals surface area contributed by atoms with Crippen LogP contribution in [0.3, 0.4) is 0 Å². The van der Waals surface area contributed by atoms with Crippen LogP contribution in [-0.2, 0) is 7.05 Å². The lowest BCUT2D eigenvalue weighted by molar-refractivity contribution is 0.0784. The van der Waals surface area contributed by atoms with Gasteiger partial charge in [0.15, 0.2) is 0 Å². The molecule has 2 unspecified atom stereocenters. The largest absolute Gasteiger partial charge is 0.340 e. The Morgan fingerprint density at radius 3 is 2.68 bits per heavy atom. The van der Waals surface area contributed by atoms with Gasteiger partial charge in [0.25, 0.3) is 11.5 Å². The zero-order valence-electron chi connectivity index (χ0n) is 16.6. The Hall–Kier alpha value is -2.51. The summed E-state index contributed by atoms with van der Waals surface area (Å²) >= 11 is 0.